The Morgan fingerprint density at radius 3 is 2.18 bits per heavy atom. The molecule has 3 aromatic rings. The van der Waals surface area contributed by atoms with Gasteiger partial charge in [-0.05, 0) is 23.3 Å². The summed E-state index contributed by atoms with van der Waals surface area (Å²) in [7, 11) is 0. The number of benzene rings is 2. The minimum absolute atomic E-state index is 0.0370. The van der Waals surface area contributed by atoms with Gasteiger partial charge in [-0.2, -0.15) is 13.2 Å². The van der Waals surface area contributed by atoms with Gasteiger partial charge in [-0.25, -0.2) is 4.39 Å². The Morgan fingerprint density at radius 2 is 1.61 bits per heavy atom. The molecule has 0 spiro atoms. The summed E-state index contributed by atoms with van der Waals surface area (Å²) in [5.74, 6) is -1.39. The maximum atomic E-state index is 13.3. The Labute approximate surface area is 160 Å². The van der Waals surface area contributed by atoms with Crippen LogP contribution in [0.3, 0.4) is 0 Å². The summed E-state index contributed by atoms with van der Waals surface area (Å²) in [4.78, 5) is 10.1. The van der Waals surface area contributed by atoms with Crippen molar-refractivity contribution in [2.45, 2.75) is 23.6 Å². The van der Waals surface area contributed by atoms with Crippen molar-refractivity contribution in [3.05, 3.63) is 81.4 Å². The fourth-order valence-electron chi connectivity index (χ4n) is 2.38. The smallest absolute Gasteiger partial charge is 0.294 e. The van der Waals surface area contributed by atoms with Gasteiger partial charge in [-0.15, -0.1) is 10.2 Å². The molecule has 0 saturated carbocycles. The van der Waals surface area contributed by atoms with Crippen LogP contribution in [0.1, 0.15) is 17.0 Å². The lowest BCUT2D eigenvalue weighted by Crippen LogP contribution is -2.16. The molecule has 11 heteroatoms. The Morgan fingerprint density at radius 1 is 1.00 bits per heavy atom. The number of non-ortho nitro benzene ring substituents is 1. The molecule has 0 aliphatic heterocycles. The molecule has 0 amide bonds. The van der Waals surface area contributed by atoms with Crippen molar-refractivity contribution in [2.24, 2.45) is 0 Å². The maximum Gasteiger partial charge on any atom is 0.451 e. The van der Waals surface area contributed by atoms with Crippen LogP contribution in [0.2, 0.25) is 0 Å². The zero-order chi connectivity index (χ0) is 20.3. The van der Waals surface area contributed by atoms with Crippen LogP contribution in [-0.4, -0.2) is 19.7 Å². The Balaban J connectivity index is 1.82. The Kier molecular flexibility index (Phi) is 5.63. The van der Waals surface area contributed by atoms with E-state index in [0.717, 1.165) is 28.5 Å². The summed E-state index contributed by atoms with van der Waals surface area (Å²) in [6, 6.07) is 10.8. The highest BCUT2D eigenvalue weighted by atomic mass is 32.2. The van der Waals surface area contributed by atoms with E-state index < -0.39 is 22.7 Å². The second kappa shape index (κ2) is 7.97. The van der Waals surface area contributed by atoms with Crippen LogP contribution in [0.4, 0.5) is 23.2 Å². The van der Waals surface area contributed by atoms with Crippen molar-refractivity contribution in [3.8, 4) is 0 Å². The van der Waals surface area contributed by atoms with Gasteiger partial charge in [-0.3, -0.25) is 14.7 Å². The zero-order valence-corrected chi connectivity index (χ0v) is 14.9. The monoisotopic (exact) mass is 412 g/mol. The number of nitrogens with zero attached hydrogens (tertiary/aromatic N) is 4. The van der Waals surface area contributed by atoms with E-state index in [-0.39, 0.29) is 23.1 Å². The number of alkyl halides is 3. The van der Waals surface area contributed by atoms with E-state index in [0.29, 0.717) is 11.1 Å². The number of nitro benzene ring substituents is 1. The third-order valence-electron chi connectivity index (χ3n) is 3.74. The molecule has 0 radical (unpaired) electrons. The molecule has 0 saturated heterocycles. The van der Waals surface area contributed by atoms with Gasteiger partial charge in [-0.1, -0.05) is 36.0 Å². The van der Waals surface area contributed by atoms with Crippen molar-refractivity contribution in [3.63, 3.8) is 0 Å². The fourth-order valence-corrected chi connectivity index (χ4v) is 3.28. The number of nitro groups is 1. The molecule has 3 rings (SSSR count). The molecule has 28 heavy (non-hydrogen) atoms. The van der Waals surface area contributed by atoms with Gasteiger partial charge in [0.15, 0.2) is 5.16 Å². The first-order valence-corrected chi connectivity index (χ1v) is 8.83. The van der Waals surface area contributed by atoms with E-state index in [1.54, 1.807) is 0 Å². The van der Waals surface area contributed by atoms with Crippen molar-refractivity contribution in [1.82, 2.24) is 14.8 Å². The zero-order valence-electron chi connectivity index (χ0n) is 14.1. The lowest BCUT2D eigenvalue weighted by molar-refractivity contribution is -0.384. The first-order chi connectivity index (χ1) is 13.2. The van der Waals surface area contributed by atoms with Crippen LogP contribution in [0.25, 0.3) is 0 Å². The summed E-state index contributed by atoms with van der Waals surface area (Å²) in [5.41, 5.74) is 1.07. The van der Waals surface area contributed by atoms with Gasteiger partial charge < -0.3 is 0 Å². The molecule has 0 unspecified atom stereocenters. The topological polar surface area (TPSA) is 73.8 Å². The molecular weight excluding hydrogens is 400 g/mol. The average molecular weight is 412 g/mol. The van der Waals surface area contributed by atoms with Crippen molar-refractivity contribution in [2.75, 3.05) is 0 Å². The van der Waals surface area contributed by atoms with Crippen LogP contribution < -0.4 is 0 Å². The highest BCUT2D eigenvalue weighted by Crippen LogP contribution is 2.32. The molecule has 1 heterocycles. The fraction of sp³-hybridized carbons (Fsp3) is 0.176. The standard InChI is InChI=1S/C17H12F4N4O2S/c18-13-5-1-11(2-6-13)9-24-15(17(19,20)21)22-23-16(24)28-10-12-3-7-14(8-4-12)25(26)27/h1-8H,9-10H2. The SMILES string of the molecule is O=[N+]([O-])c1ccc(CSc2nnc(C(F)(F)F)n2Cc2ccc(F)cc2)cc1. The lowest BCUT2D eigenvalue weighted by atomic mass is 10.2. The summed E-state index contributed by atoms with van der Waals surface area (Å²) in [6.07, 6.45) is -4.70. The molecule has 0 aliphatic rings. The highest BCUT2D eigenvalue weighted by molar-refractivity contribution is 7.98. The first-order valence-electron chi connectivity index (χ1n) is 7.85. The highest BCUT2D eigenvalue weighted by Gasteiger charge is 2.38. The minimum Gasteiger partial charge on any atom is -0.294 e. The van der Waals surface area contributed by atoms with Gasteiger partial charge in [0.2, 0.25) is 5.82 Å². The minimum atomic E-state index is -4.70. The third-order valence-corrected chi connectivity index (χ3v) is 4.78. The van der Waals surface area contributed by atoms with Crippen molar-refractivity contribution >= 4 is 17.4 Å². The average Bonchev–Trinajstić information content (AvgIpc) is 3.05. The second-order valence-corrected chi connectivity index (χ2v) is 6.67. The van der Waals surface area contributed by atoms with Crippen LogP contribution in [0.5, 0.6) is 0 Å². The van der Waals surface area contributed by atoms with Gasteiger partial charge in [0, 0.05) is 17.9 Å². The molecular formula is C17H12F4N4O2S. The van der Waals surface area contributed by atoms with Crippen molar-refractivity contribution < 1.29 is 22.5 Å². The van der Waals surface area contributed by atoms with Gasteiger partial charge in [0.05, 0.1) is 11.5 Å². The maximum absolute atomic E-state index is 13.3. The van der Waals surface area contributed by atoms with Crippen LogP contribution in [-0.2, 0) is 18.5 Å². The lowest BCUT2D eigenvalue weighted by Gasteiger charge is -2.12. The van der Waals surface area contributed by atoms with Gasteiger partial charge in [0.1, 0.15) is 5.82 Å². The largest absolute Gasteiger partial charge is 0.451 e. The van der Waals surface area contributed by atoms with Crippen molar-refractivity contribution in [1.29, 1.82) is 0 Å². The number of aromatic nitrogens is 3. The van der Waals surface area contributed by atoms with E-state index in [4.69, 9.17) is 0 Å². The van der Waals surface area contributed by atoms with Crippen LogP contribution >= 0.6 is 11.8 Å². The number of halogens is 4. The van der Waals surface area contributed by atoms with E-state index in [1.165, 1.54) is 36.4 Å². The molecule has 2 aromatic carbocycles. The molecule has 0 N–H and O–H groups in total. The summed E-state index contributed by atoms with van der Waals surface area (Å²) >= 11 is 1.02. The van der Waals surface area contributed by atoms with Crippen LogP contribution in [0.15, 0.2) is 53.7 Å². The second-order valence-electron chi connectivity index (χ2n) is 5.73. The third kappa shape index (κ3) is 4.66. The Bertz CT molecular complexity index is 972. The number of rotatable bonds is 6. The van der Waals surface area contributed by atoms with Gasteiger partial charge >= 0.3 is 6.18 Å². The quantitative estimate of drug-likeness (QED) is 0.254. The molecule has 0 bridgehead atoms. The number of thioether (sulfide) groups is 1. The normalized spacial score (nSPS) is 11.6. The molecule has 1 aromatic heterocycles. The number of hydrogen-bond donors (Lipinski definition) is 0. The van der Waals surface area contributed by atoms with Crippen LogP contribution in [0, 0.1) is 15.9 Å². The molecule has 6 nitrogen and oxygen atoms in total. The summed E-state index contributed by atoms with van der Waals surface area (Å²) in [5, 5.41) is 17.6. The summed E-state index contributed by atoms with van der Waals surface area (Å²) in [6.45, 7) is -0.176. The molecule has 0 fully saturated rings. The first kappa shape index (κ1) is 19.8. The number of hydrogen-bond acceptors (Lipinski definition) is 5. The molecule has 0 aliphatic carbocycles. The van der Waals surface area contributed by atoms with Gasteiger partial charge in [0.25, 0.3) is 5.69 Å². The predicted octanol–water partition coefficient (Wildman–Crippen LogP) is 4.68. The summed E-state index contributed by atoms with van der Waals surface area (Å²) < 4.78 is 53.7. The predicted molar refractivity (Wildman–Crippen MR) is 93.2 cm³/mol. The molecule has 0 atom stereocenters. The van der Waals surface area contributed by atoms with E-state index in [9.17, 15) is 27.7 Å². The van der Waals surface area contributed by atoms with E-state index in [1.807, 2.05) is 0 Å². The van der Waals surface area contributed by atoms with E-state index in [2.05, 4.69) is 10.2 Å². The Hall–Kier alpha value is -2.95. The molecule has 146 valence electrons. The van der Waals surface area contributed by atoms with E-state index >= 15 is 0 Å².